The van der Waals surface area contributed by atoms with Crippen LogP contribution in [0.3, 0.4) is 0 Å². The molecule has 0 aliphatic heterocycles. The van der Waals surface area contributed by atoms with Crippen molar-refractivity contribution in [2.24, 2.45) is 5.84 Å². The van der Waals surface area contributed by atoms with Gasteiger partial charge in [0.15, 0.2) is 5.13 Å². The highest BCUT2D eigenvalue weighted by Crippen LogP contribution is 2.09. The minimum absolute atomic E-state index is 0. The molecule has 4 N–H and O–H groups in total. The number of anilines is 1. The average molecular weight is 249 g/mol. The van der Waals surface area contributed by atoms with Gasteiger partial charge in [-0.1, -0.05) is 0 Å². The molecule has 1 rings (SSSR count). The number of aromatic nitrogens is 1. The van der Waals surface area contributed by atoms with Crippen molar-refractivity contribution >= 4 is 40.7 Å². The number of hydrogen-bond donors (Lipinski definition) is 3. The summed E-state index contributed by atoms with van der Waals surface area (Å²) in [5.41, 5.74) is 1.86. The lowest BCUT2D eigenvalue weighted by Gasteiger charge is -1.94. The van der Waals surface area contributed by atoms with E-state index in [0.717, 1.165) is 12.2 Å². The molecule has 1 aromatic heterocycles. The molecular weight excluding hydrogens is 240 g/mol. The standard InChI is InChI=1S/C7H8N4O2S.ClH/c8-11-6(13)2-1-5(12)10-7-9-3-4-14-7;/h1-4H,8H2,(H,11,13)(H,9,10,12);1H/b2-1+;. The van der Waals surface area contributed by atoms with Crippen molar-refractivity contribution in [2.75, 3.05) is 5.32 Å². The van der Waals surface area contributed by atoms with E-state index >= 15 is 0 Å². The van der Waals surface area contributed by atoms with E-state index in [1.807, 2.05) is 5.43 Å². The number of amides is 2. The summed E-state index contributed by atoms with van der Waals surface area (Å²) in [6.45, 7) is 0. The Labute approximate surface area is 95.9 Å². The lowest BCUT2D eigenvalue weighted by molar-refractivity contribution is -0.117. The largest absolute Gasteiger partial charge is 0.298 e. The van der Waals surface area contributed by atoms with Gasteiger partial charge in [-0.15, -0.1) is 23.7 Å². The van der Waals surface area contributed by atoms with Gasteiger partial charge in [-0.3, -0.25) is 20.3 Å². The third kappa shape index (κ3) is 5.11. The fourth-order valence-corrected chi connectivity index (χ4v) is 1.16. The molecule has 0 fully saturated rings. The number of hydrogen-bond acceptors (Lipinski definition) is 5. The Kier molecular flexibility index (Phi) is 6.27. The third-order valence-electron chi connectivity index (χ3n) is 1.19. The van der Waals surface area contributed by atoms with E-state index in [1.165, 1.54) is 11.3 Å². The number of carbonyl (C=O) groups excluding carboxylic acids is 2. The van der Waals surface area contributed by atoms with Crippen molar-refractivity contribution in [1.82, 2.24) is 10.4 Å². The van der Waals surface area contributed by atoms with Crippen LogP contribution in [-0.2, 0) is 9.59 Å². The summed E-state index contributed by atoms with van der Waals surface area (Å²) in [5, 5.41) is 4.67. The highest BCUT2D eigenvalue weighted by Gasteiger charge is 1.99. The van der Waals surface area contributed by atoms with Crippen molar-refractivity contribution < 1.29 is 9.59 Å². The van der Waals surface area contributed by atoms with Gasteiger partial charge in [0, 0.05) is 23.7 Å². The van der Waals surface area contributed by atoms with Gasteiger partial charge in [-0.2, -0.15) is 0 Å². The molecule has 1 aromatic rings. The fraction of sp³-hybridized carbons (Fsp3) is 0. The van der Waals surface area contributed by atoms with Crippen molar-refractivity contribution in [3.05, 3.63) is 23.7 Å². The molecule has 0 aliphatic rings. The second-order valence-electron chi connectivity index (χ2n) is 2.17. The van der Waals surface area contributed by atoms with Gasteiger partial charge in [-0.05, 0) is 0 Å². The van der Waals surface area contributed by atoms with Gasteiger partial charge < -0.3 is 0 Å². The molecule has 0 radical (unpaired) electrons. The number of halogens is 1. The van der Waals surface area contributed by atoms with Crippen LogP contribution in [0.2, 0.25) is 0 Å². The van der Waals surface area contributed by atoms with E-state index in [2.05, 4.69) is 10.3 Å². The lowest BCUT2D eigenvalue weighted by atomic mass is 10.4. The molecular formula is C7H9ClN4O2S. The molecule has 0 saturated carbocycles. The fourth-order valence-electron chi connectivity index (χ4n) is 0.632. The Balaban J connectivity index is 0.00000196. The van der Waals surface area contributed by atoms with Gasteiger partial charge in [-0.25, -0.2) is 10.8 Å². The maximum atomic E-state index is 11.1. The number of hydrazine groups is 1. The first-order valence-corrected chi connectivity index (χ1v) is 4.49. The number of thiazole rings is 1. The van der Waals surface area contributed by atoms with Crippen LogP contribution >= 0.6 is 23.7 Å². The Morgan fingerprint density at radius 1 is 1.40 bits per heavy atom. The summed E-state index contributed by atoms with van der Waals surface area (Å²) in [4.78, 5) is 25.5. The topological polar surface area (TPSA) is 97.1 Å². The maximum Gasteiger partial charge on any atom is 0.258 e. The smallest absolute Gasteiger partial charge is 0.258 e. The first-order chi connectivity index (χ1) is 6.72. The maximum absolute atomic E-state index is 11.1. The minimum atomic E-state index is -0.542. The normalized spacial score (nSPS) is 9.40. The van der Waals surface area contributed by atoms with Gasteiger partial charge in [0.25, 0.3) is 5.91 Å². The molecule has 0 spiro atoms. The monoisotopic (exact) mass is 248 g/mol. The van der Waals surface area contributed by atoms with E-state index < -0.39 is 11.8 Å². The summed E-state index contributed by atoms with van der Waals surface area (Å²) in [5.74, 6) is 3.83. The Morgan fingerprint density at radius 2 is 2.07 bits per heavy atom. The van der Waals surface area contributed by atoms with Crippen molar-refractivity contribution in [2.45, 2.75) is 0 Å². The predicted octanol–water partition coefficient (Wildman–Crippen LogP) is 0.0495. The number of carbonyl (C=O) groups is 2. The summed E-state index contributed by atoms with van der Waals surface area (Å²) < 4.78 is 0. The summed E-state index contributed by atoms with van der Waals surface area (Å²) >= 11 is 1.29. The second kappa shape index (κ2) is 6.93. The van der Waals surface area contributed by atoms with Crippen LogP contribution < -0.4 is 16.6 Å². The average Bonchev–Trinajstić information content (AvgIpc) is 2.66. The minimum Gasteiger partial charge on any atom is -0.298 e. The van der Waals surface area contributed by atoms with Gasteiger partial charge in [0.1, 0.15) is 0 Å². The van der Waals surface area contributed by atoms with Crippen LogP contribution in [0, 0.1) is 0 Å². The summed E-state index contributed by atoms with van der Waals surface area (Å²) in [7, 11) is 0. The number of nitrogens with two attached hydrogens (primary N) is 1. The van der Waals surface area contributed by atoms with Crippen molar-refractivity contribution in [3.63, 3.8) is 0 Å². The molecule has 8 heteroatoms. The van der Waals surface area contributed by atoms with Crippen LogP contribution in [0.4, 0.5) is 5.13 Å². The molecule has 0 bridgehead atoms. The molecule has 82 valence electrons. The quantitative estimate of drug-likeness (QED) is 0.305. The second-order valence-corrected chi connectivity index (χ2v) is 3.06. The van der Waals surface area contributed by atoms with E-state index in [1.54, 1.807) is 11.6 Å². The van der Waals surface area contributed by atoms with Crippen LogP contribution in [0.5, 0.6) is 0 Å². The molecule has 0 atom stereocenters. The lowest BCUT2D eigenvalue weighted by Crippen LogP contribution is -2.28. The summed E-state index contributed by atoms with van der Waals surface area (Å²) in [6.07, 6.45) is 3.67. The Bertz CT molecular complexity index is 352. The molecule has 0 unspecified atom stereocenters. The summed E-state index contributed by atoms with van der Waals surface area (Å²) in [6, 6.07) is 0. The molecule has 6 nitrogen and oxygen atoms in total. The molecule has 0 saturated heterocycles. The van der Waals surface area contributed by atoms with Crippen LogP contribution in [0.15, 0.2) is 23.7 Å². The number of nitrogens with one attached hydrogen (secondary N) is 2. The highest BCUT2D eigenvalue weighted by molar-refractivity contribution is 7.13. The van der Waals surface area contributed by atoms with Crippen LogP contribution in [0.25, 0.3) is 0 Å². The Hall–Kier alpha value is -1.44. The van der Waals surface area contributed by atoms with Gasteiger partial charge in [0.2, 0.25) is 5.91 Å². The first-order valence-electron chi connectivity index (χ1n) is 3.61. The Morgan fingerprint density at radius 3 is 2.60 bits per heavy atom. The molecule has 15 heavy (non-hydrogen) atoms. The van der Waals surface area contributed by atoms with E-state index in [-0.39, 0.29) is 12.4 Å². The SMILES string of the molecule is Cl.NNC(=O)/C=C/C(=O)Nc1nccs1. The zero-order chi connectivity index (χ0) is 10.4. The highest BCUT2D eigenvalue weighted by atomic mass is 35.5. The van der Waals surface area contributed by atoms with E-state index in [4.69, 9.17) is 5.84 Å². The molecule has 1 heterocycles. The molecule has 0 aromatic carbocycles. The molecule has 0 aliphatic carbocycles. The van der Waals surface area contributed by atoms with Gasteiger partial charge in [0.05, 0.1) is 0 Å². The third-order valence-corrected chi connectivity index (χ3v) is 1.88. The predicted molar refractivity (Wildman–Crippen MR) is 59.5 cm³/mol. The zero-order valence-electron chi connectivity index (χ0n) is 7.47. The van der Waals surface area contributed by atoms with E-state index in [9.17, 15) is 9.59 Å². The van der Waals surface area contributed by atoms with Crippen molar-refractivity contribution in [1.29, 1.82) is 0 Å². The number of rotatable bonds is 3. The van der Waals surface area contributed by atoms with E-state index in [0.29, 0.717) is 5.13 Å². The van der Waals surface area contributed by atoms with Gasteiger partial charge >= 0.3 is 0 Å². The van der Waals surface area contributed by atoms with Crippen molar-refractivity contribution in [3.8, 4) is 0 Å². The zero-order valence-corrected chi connectivity index (χ0v) is 9.10. The first kappa shape index (κ1) is 13.6. The number of nitrogens with zero attached hydrogens (tertiary/aromatic N) is 1. The molecule has 2 amide bonds. The van der Waals surface area contributed by atoms with Crippen LogP contribution in [-0.4, -0.2) is 16.8 Å². The van der Waals surface area contributed by atoms with Crippen LogP contribution in [0.1, 0.15) is 0 Å².